The summed E-state index contributed by atoms with van der Waals surface area (Å²) in [7, 11) is 1.76. The van der Waals surface area contributed by atoms with Gasteiger partial charge in [-0.25, -0.2) is 9.97 Å². The molecule has 3 N–H and O–H groups in total. The molecule has 0 atom stereocenters. The number of nitrogens with zero attached hydrogens (tertiary/aromatic N) is 3. The van der Waals surface area contributed by atoms with Crippen LogP contribution in [0.1, 0.15) is 34.3 Å². The van der Waals surface area contributed by atoms with Crippen LogP contribution in [0.25, 0.3) is 11.3 Å². The molecule has 0 saturated carbocycles. The van der Waals surface area contributed by atoms with Crippen LogP contribution >= 0.6 is 11.8 Å². The molecule has 2 amide bonds. The van der Waals surface area contributed by atoms with E-state index in [-0.39, 0.29) is 17.8 Å². The summed E-state index contributed by atoms with van der Waals surface area (Å²) >= 11 is 1.52. The Bertz CT molecular complexity index is 916. The van der Waals surface area contributed by atoms with E-state index in [4.69, 9.17) is 5.73 Å². The first kappa shape index (κ1) is 20.1. The number of aromatic nitrogens is 2. The molecular weight excluding hydrogens is 374 g/mol. The molecule has 1 aliphatic heterocycles. The van der Waals surface area contributed by atoms with Gasteiger partial charge in [-0.15, -0.1) is 11.8 Å². The Kier molecular flexibility index (Phi) is 6.18. The average Bonchev–Trinajstić information content (AvgIpc) is 2.63. The van der Waals surface area contributed by atoms with E-state index in [9.17, 15) is 9.59 Å². The molecule has 7 nitrogen and oxygen atoms in total. The number of hydrogen-bond donors (Lipinski definition) is 2. The number of anilines is 1. The summed E-state index contributed by atoms with van der Waals surface area (Å²) in [6.07, 6.45) is 1.02. The molecule has 148 valence electrons. The van der Waals surface area contributed by atoms with Gasteiger partial charge in [-0.1, -0.05) is 6.07 Å². The molecular formula is C20H25N5O2S. The topological polar surface area (TPSA) is 101 Å². The maximum atomic E-state index is 13.0. The highest BCUT2D eigenvalue weighted by Crippen LogP contribution is 2.29. The number of fused-ring (bicyclic) bond motifs is 5. The lowest BCUT2D eigenvalue weighted by Gasteiger charge is -2.20. The number of thioether (sulfide) groups is 1. The Balaban J connectivity index is 2.07. The molecule has 1 aliphatic rings. The van der Waals surface area contributed by atoms with Crippen LogP contribution in [0, 0.1) is 13.8 Å². The van der Waals surface area contributed by atoms with Gasteiger partial charge >= 0.3 is 0 Å². The number of hydrogen-bond acceptors (Lipinski definition) is 6. The number of nitrogen functional groups attached to an aromatic ring is 1. The van der Waals surface area contributed by atoms with Crippen LogP contribution in [0.2, 0.25) is 0 Å². The second-order valence-electron chi connectivity index (χ2n) is 6.96. The third-order valence-corrected chi connectivity index (χ3v) is 5.63. The molecule has 0 spiro atoms. The van der Waals surface area contributed by atoms with Crippen LogP contribution in [0.15, 0.2) is 23.2 Å². The fourth-order valence-corrected chi connectivity index (χ4v) is 4.00. The molecule has 2 heterocycles. The maximum absolute atomic E-state index is 13.0. The van der Waals surface area contributed by atoms with Crippen LogP contribution in [-0.4, -0.2) is 52.6 Å². The lowest BCUT2D eigenvalue weighted by atomic mass is 9.97. The van der Waals surface area contributed by atoms with Crippen molar-refractivity contribution in [1.82, 2.24) is 20.2 Å². The Labute approximate surface area is 169 Å². The fourth-order valence-electron chi connectivity index (χ4n) is 3.23. The van der Waals surface area contributed by atoms with Crippen molar-refractivity contribution in [2.45, 2.75) is 31.7 Å². The smallest absolute Gasteiger partial charge is 0.253 e. The normalized spacial score (nSPS) is 16.0. The number of rotatable bonds is 0. The van der Waals surface area contributed by atoms with Gasteiger partial charge in [0.1, 0.15) is 5.03 Å². The van der Waals surface area contributed by atoms with Crippen molar-refractivity contribution in [3.63, 3.8) is 0 Å². The fraction of sp³-hybridized carbons (Fsp3) is 0.400. The number of amides is 2. The lowest BCUT2D eigenvalue weighted by molar-refractivity contribution is -0.121. The zero-order valence-electron chi connectivity index (χ0n) is 16.4. The molecule has 3 rings (SSSR count). The molecule has 28 heavy (non-hydrogen) atoms. The predicted octanol–water partition coefficient (Wildman–Crippen LogP) is 2.42. The molecule has 4 bridgehead atoms. The molecule has 0 aliphatic carbocycles. The molecule has 0 saturated heterocycles. The third kappa shape index (κ3) is 4.62. The second kappa shape index (κ2) is 8.60. The first-order valence-corrected chi connectivity index (χ1v) is 10.2. The minimum atomic E-state index is -0.0668. The molecule has 2 aromatic rings. The quantitative estimate of drug-likeness (QED) is 0.660. The first-order chi connectivity index (χ1) is 13.3. The van der Waals surface area contributed by atoms with Crippen LogP contribution in [-0.2, 0) is 4.79 Å². The standard InChI is InChI=1S/C20H25N5O2S/c1-12-9-13(2)15-10-14(12)16-11-18(24-20(21)23-16)28-8-6-22-17(26)5-4-7-25(3)19(15)27/h9-11H,4-8H2,1-3H3,(H,22,26)(H2,21,23,24). The van der Waals surface area contributed by atoms with Crippen molar-refractivity contribution in [3.05, 3.63) is 34.9 Å². The van der Waals surface area contributed by atoms with Gasteiger partial charge in [0.15, 0.2) is 0 Å². The third-order valence-electron chi connectivity index (χ3n) is 4.72. The monoisotopic (exact) mass is 399 g/mol. The number of carbonyl (C=O) groups excluding carboxylic acids is 2. The first-order valence-electron chi connectivity index (χ1n) is 9.26. The number of nitrogens with one attached hydrogen (secondary N) is 1. The summed E-state index contributed by atoms with van der Waals surface area (Å²) in [5.74, 6) is 0.807. The average molecular weight is 400 g/mol. The zero-order chi connectivity index (χ0) is 20.3. The van der Waals surface area contributed by atoms with Gasteiger partial charge in [0.2, 0.25) is 11.9 Å². The second-order valence-corrected chi connectivity index (χ2v) is 8.08. The molecule has 0 fully saturated rings. The summed E-state index contributed by atoms with van der Waals surface area (Å²) in [4.78, 5) is 35.3. The molecule has 1 aromatic heterocycles. The number of benzene rings is 1. The van der Waals surface area contributed by atoms with Crippen molar-refractivity contribution < 1.29 is 9.59 Å². The molecule has 0 radical (unpaired) electrons. The van der Waals surface area contributed by atoms with Gasteiger partial charge in [0.05, 0.1) is 5.69 Å². The van der Waals surface area contributed by atoms with Crippen molar-refractivity contribution >= 4 is 29.5 Å². The minimum Gasteiger partial charge on any atom is -0.368 e. The van der Waals surface area contributed by atoms with Gasteiger partial charge in [-0.2, -0.15) is 0 Å². The van der Waals surface area contributed by atoms with Crippen LogP contribution < -0.4 is 11.1 Å². The largest absolute Gasteiger partial charge is 0.368 e. The number of nitrogens with two attached hydrogens (primary N) is 1. The van der Waals surface area contributed by atoms with E-state index in [1.807, 2.05) is 32.0 Å². The highest BCUT2D eigenvalue weighted by Gasteiger charge is 2.18. The molecule has 0 unspecified atom stereocenters. The van der Waals surface area contributed by atoms with E-state index in [2.05, 4.69) is 15.3 Å². The Hall–Kier alpha value is -2.61. The van der Waals surface area contributed by atoms with E-state index in [1.165, 1.54) is 11.8 Å². The minimum absolute atomic E-state index is 0.00904. The predicted molar refractivity (Wildman–Crippen MR) is 111 cm³/mol. The van der Waals surface area contributed by atoms with Gasteiger partial charge < -0.3 is 16.0 Å². The molecule has 8 heteroatoms. The van der Waals surface area contributed by atoms with Gasteiger partial charge in [0, 0.05) is 43.4 Å². The van der Waals surface area contributed by atoms with E-state index < -0.39 is 0 Å². The summed E-state index contributed by atoms with van der Waals surface area (Å²) in [6, 6.07) is 5.76. The van der Waals surface area contributed by atoms with Gasteiger partial charge in [0.25, 0.3) is 5.91 Å². The SMILES string of the molecule is Cc1cc(C)c2cc1C(=O)N(C)CCCC(=O)NCCSc1cc-2nc(N)n1. The van der Waals surface area contributed by atoms with Crippen LogP contribution in [0.4, 0.5) is 5.95 Å². The van der Waals surface area contributed by atoms with Gasteiger partial charge in [-0.3, -0.25) is 9.59 Å². The summed E-state index contributed by atoms with van der Waals surface area (Å²) in [5, 5.41) is 3.64. The van der Waals surface area contributed by atoms with Crippen LogP contribution in [0.3, 0.4) is 0 Å². The Morgan fingerprint density at radius 2 is 1.86 bits per heavy atom. The van der Waals surface area contributed by atoms with Crippen molar-refractivity contribution in [3.8, 4) is 11.3 Å². The van der Waals surface area contributed by atoms with Crippen molar-refractivity contribution in [2.75, 3.05) is 31.6 Å². The van der Waals surface area contributed by atoms with E-state index in [1.54, 1.807) is 11.9 Å². The van der Waals surface area contributed by atoms with E-state index in [0.29, 0.717) is 42.9 Å². The lowest BCUT2D eigenvalue weighted by Crippen LogP contribution is -2.30. The van der Waals surface area contributed by atoms with Crippen LogP contribution in [0.5, 0.6) is 0 Å². The zero-order valence-corrected chi connectivity index (χ0v) is 17.2. The molecule has 1 aromatic carbocycles. The number of carbonyl (C=O) groups is 2. The summed E-state index contributed by atoms with van der Waals surface area (Å²) in [5.41, 5.74) is 10.1. The number of aryl methyl sites for hydroxylation is 2. The van der Waals surface area contributed by atoms with E-state index in [0.717, 1.165) is 21.7 Å². The Morgan fingerprint density at radius 1 is 1.11 bits per heavy atom. The van der Waals surface area contributed by atoms with E-state index >= 15 is 0 Å². The van der Waals surface area contributed by atoms with Crippen molar-refractivity contribution in [1.29, 1.82) is 0 Å². The summed E-state index contributed by atoms with van der Waals surface area (Å²) < 4.78 is 0. The highest BCUT2D eigenvalue weighted by molar-refractivity contribution is 7.99. The van der Waals surface area contributed by atoms with Gasteiger partial charge in [-0.05, 0) is 43.5 Å². The van der Waals surface area contributed by atoms with Crippen molar-refractivity contribution in [2.24, 2.45) is 0 Å². The Morgan fingerprint density at radius 3 is 2.64 bits per heavy atom. The summed E-state index contributed by atoms with van der Waals surface area (Å²) in [6.45, 7) is 5.00. The maximum Gasteiger partial charge on any atom is 0.253 e. The highest BCUT2D eigenvalue weighted by atomic mass is 32.2.